The van der Waals surface area contributed by atoms with Gasteiger partial charge in [0.25, 0.3) is 0 Å². The van der Waals surface area contributed by atoms with Crippen molar-refractivity contribution in [2.24, 2.45) is 0 Å². The monoisotopic (exact) mass is 443 g/mol. The molecule has 1 aromatic carbocycles. The third kappa shape index (κ3) is 4.55. The minimum Gasteiger partial charge on any atom is -0.356 e. The normalized spacial score (nSPS) is 18.5. The molecule has 0 radical (unpaired) electrons. The van der Waals surface area contributed by atoms with E-state index >= 15 is 0 Å². The molecule has 0 spiro atoms. The van der Waals surface area contributed by atoms with Crippen molar-refractivity contribution in [1.82, 2.24) is 14.3 Å². The summed E-state index contributed by atoms with van der Waals surface area (Å²) in [6.45, 7) is 11.9. The maximum Gasteiger partial charge on any atom is 0.243 e. The van der Waals surface area contributed by atoms with Crippen molar-refractivity contribution in [3.8, 4) is 0 Å². The van der Waals surface area contributed by atoms with Crippen molar-refractivity contribution in [2.75, 3.05) is 49.1 Å². The number of piperazine rings is 1. The first kappa shape index (κ1) is 22.0. The van der Waals surface area contributed by atoms with E-state index in [0.29, 0.717) is 37.0 Å². The van der Waals surface area contributed by atoms with Crippen LogP contribution in [0.25, 0.3) is 0 Å². The average molecular weight is 444 g/mol. The maximum atomic E-state index is 13.4. The van der Waals surface area contributed by atoms with E-state index in [1.54, 1.807) is 4.31 Å². The summed E-state index contributed by atoms with van der Waals surface area (Å²) in [7, 11) is -3.52. The molecule has 0 aliphatic carbocycles. The molecule has 7 nitrogen and oxygen atoms in total. The van der Waals surface area contributed by atoms with Crippen molar-refractivity contribution < 1.29 is 8.42 Å². The lowest BCUT2D eigenvalue weighted by Gasteiger charge is -2.35. The number of nitrogens with zero attached hydrogens (tertiary/aromatic N) is 5. The number of piperidine rings is 1. The van der Waals surface area contributed by atoms with Crippen LogP contribution in [0.3, 0.4) is 0 Å². The predicted molar refractivity (Wildman–Crippen MR) is 124 cm³/mol. The minimum absolute atomic E-state index is 0.436. The molecule has 168 valence electrons. The largest absolute Gasteiger partial charge is 0.356 e. The second-order valence-corrected chi connectivity index (χ2v) is 10.7. The molecule has 0 atom stereocenters. The van der Waals surface area contributed by atoms with Crippen molar-refractivity contribution in [1.29, 1.82) is 0 Å². The minimum atomic E-state index is -3.52. The Hall–Kier alpha value is -2.19. The second-order valence-electron chi connectivity index (χ2n) is 8.83. The van der Waals surface area contributed by atoms with Crippen molar-refractivity contribution >= 4 is 21.8 Å². The van der Waals surface area contributed by atoms with Gasteiger partial charge in [0, 0.05) is 51.0 Å². The van der Waals surface area contributed by atoms with Crippen LogP contribution in [0.5, 0.6) is 0 Å². The fourth-order valence-electron chi connectivity index (χ4n) is 4.79. The topological polar surface area (TPSA) is 69.6 Å². The van der Waals surface area contributed by atoms with Gasteiger partial charge in [-0.05, 0) is 58.1 Å². The summed E-state index contributed by atoms with van der Waals surface area (Å²) < 4.78 is 28.3. The quantitative estimate of drug-likeness (QED) is 0.723. The van der Waals surface area contributed by atoms with Gasteiger partial charge < -0.3 is 9.80 Å². The Labute approximate surface area is 186 Å². The molecular weight excluding hydrogens is 410 g/mol. The Morgan fingerprint density at radius 2 is 1.35 bits per heavy atom. The molecule has 2 aromatic rings. The van der Waals surface area contributed by atoms with Gasteiger partial charge in [0.2, 0.25) is 16.0 Å². The van der Waals surface area contributed by atoms with E-state index in [4.69, 9.17) is 4.98 Å². The zero-order valence-corrected chi connectivity index (χ0v) is 19.9. The Morgan fingerprint density at radius 3 is 1.97 bits per heavy atom. The third-order valence-corrected chi connectivity index (χ3v) is 8.44. The predicted octanol–water partition coefficient (Wildman–Crippen LogP) is 3.21. The van der Waals surface area contributed by atoms with E-state index in [1.165, 1.54) is 19.3 Å². The first-order chi connectivity index (χ1) is 14.8. The number of aryl methyl sites for hydroxylation is 4. The van der Waals surface area contributed by atoms with Crippen LogP contribution in [0.2, 0.25) is 0 Å². The highest BCUT2D eigenvalue weighted by Gasteiger charge is 2.31. The lowest BCUT2D eigenvalue weighted by atomic mass is 10.1. The number of aromatic nitrogens is 2. The highest BCUT2D eigenvalue weighted by atomic mass is 32.2. The highest BCUT2D eigenvalue weighted by Crippen LogP contribution is 2.27. The van der Waals surface area contributed by atoms with Crippen molar-refractivity contribution in [2.45, 2.75) is 51.9 Å². The summed E-state index contributed by atoms with van der Waals surface area (Å²) in [5.41, 5.74) is 3.66. The SMILES string of the molecule is Cc1cc(C)c(S(=O)(=O)N2CCN(c3nc(C)cc(N4CCCCC4)n3)CC2)c(C)c1. The van der Waals surface area contributed by atoms with Crippen LogP contribution < -0.4 is 9.80 Å². The van der Waals surface area contributed by atoms with E-state index in [0.717, 1.165) is 41.3 Å². The average Bonchev–Trinajstić information content (AvgIpc) is 2.73. The molecule has 4 rings (SSSR count). The van der Waals surface area contributed by atoms with Crippen LogP contribution in [0.1, 0.15) is 41.6 Å². The number of sulfonamides is 1. The fourth-order valence-corrected chi connectivity index (χ4v) is 6.63. The van der Waals surface area contributed by atoms with E-state index in [2.05, 4.69) is 20.9 Å². The summed E-state index contributed by atoms with van der Waals surface area (Å²) in [4.78, 5) is 14.4. The molecule has 1 aromatic heterocycles. The first-order valence-electron chi connectivity index (χ1n) is 11.2. The standard InChI is InChI=1S/C23H33N5O2S/c1-17-14-18(2)22(19(3)15-17)31(29,30)28-12-10-27(11-13-28)23-24-20(4)16-21(25-23)26-8-6-5-7-9-26/h14-16H,5-13H2,1-4H3. The molecule has 2 saturated heterocycles. The summed E-state index contributed by atoms with van der Waals surface area (Å²) >= 11 is 0. The Morgan fingerprint density at radius 1 is 0.742 bits per heavy atom. The first-order valence-corrected chi connectivity index (χ1v) is 12.6. The summed E-state index contributed by atoms with van der Waals surface area (Å²) in [6, 6.07) is 5.94. The number of rotatable bonds is 4. The maximum absolute atomic E-state index is 13.4. The van der Waals surface area contributed by atoms with Crippen molar-refractivity contribution in [3.05, 3.63) is 40.6 Å². The Balaban J connectivity index is 1.51. The van der Waals surface area contributed by atoms with Gasteiger partial charge in [0.1, 0.15) is 5.82 Å². The van der Waals surface area contributed by atoms with Crippen LogP contribution >= 0.6 is 0 Å². The highest BCUT2D eigenvalue weighted by molar-refractivity contribution is 7.89. The van der Waals surface area contributed by atoms with Gasteiger partial charge >= 0.3 is 0 Å². The van der Waals surface area contributed by atoms with Gasteiger partial charge in [0.15, 0.2) is 0 Å². The molecule has 0 amide bonds. The molecule has 0 unspecified atom stereocenters. The molecule has 8 heteroatoms. The van der Waals surface area contributed by atoms with E-state index in [1.807, 2.05) is 39.8 Å². The van der Waals surface area contributed by atoms with Gasteiger partial charge in [-0.15, -0.1) is 0 Å². The van der Waals surface area contributed by atoms with Gasteiger partial charge in [-0.3, -0.25) is 0 Å². The molecule has 31 heavy (non-hydrogen) atoms. The lowest BCUT2D eigenvalue weighted by Crippen LogP contribution is -2.49. The number of anilines is 2. The Bertz CT molecular complexity index is 1030. The van der Waals surface area contributed by atoms with Crippen LogP contribution in [-0.2, 0) is 10.0 Å². The van der Waals surface area contributed by atoms with Gasteiger partial charge in [-0.2, -0.15) is 9.29 Å². The van der Waals surface area contributed by atoms with Crippen molar-refractivity contribution in [3.63, 3.8) is 0 Å². The third-order valence-electron chi connectivity index (χ3n) is 6.23. The molecule has 2 fully saturated rings. The number of hydrogen-bond donors (Lipinski definition) is 0. The summed E-state index contributed by atoms with van der Waals surface area (Å²) in [5, 5.41) is 0. The Kier molecular flexibility index (Phi) is 6.21. The van der Waals surface area contributed by atoms with Gasteiger partial charge in [-0.1, -0.05) is 17.7 Å². The molecule has 0 saturated carbocycles. The molecule has 2 aliphatic rings. The smallest absolute Gasteiger partial charge is 0.243 e. The zero-order valence-electron chi connectivity index (χ0n) is 19.1. The fraction of sp³-hybridized carbons (Fsp3) is 0.565. The van der Waals surface area contributed by atoms with E-state index in [-0.39, 0.29) is 0 Å². The summed E-state index contributed by atoms with van der Waals surface area (Å²) in [6.07, 6.45) is 3.68. The summed E-state index contributed by atoms with van der Waals surface area (Å²) in [5.74, 6) is 1.70. The zero-order chi connectivity index (χ0) is 22.2. The molecule has 2 aliphatic heterocycles. The molecular formula is C23H33N5O2S. The molecule has 0 bridgehead atoms. The number of hydrogen-bond acceptors (Lipinski definition) is 6. The van der Waals surface area contributed by atoms with Crippen LogP contribution in [0.4, 0.5) is 11.8 Å². The van der Waals surface area contributed by atoms with Crippen LogP contribution in [0, 0.1) is 27.7 Å². The second kappa shape index (κ2) is 8.74. The molecule has 0 N–H and O–H groups in total. The van der Waals surface area contributed by atoms with Crippen LogP contribution in [0.15, 0.2) is 23.1 Å². The lowest BCUT2D eigenvalue weighted by molar-refractivity contribution is 0.382. The van der Waals surface area contributed by atoms with Gasteiger partial charge in [-0.25, -0.2) is 13.4 Å². The van der Waals surface area contributed by atoms with E-state index < -0.39 is 10.0 Å². The van der Waals surface area contributed by atoms with E-state index in [9.17, 15) is 8.42 Å². The van der Waals surface area contributed by atoms with Gasteiger partial charge in [0.05, 0.1) is 4.90 Å². The number of benzene rings is 1. The molecule has 3 heterocycles. The van der Waals surface area contributed by atoms with Crippen LogP contribution in [-0.4, -0.2) is 62.0 Å².